The van der Waals surface area contributed by atoms with E-state index in [1.807, 2.05) is 6.92 Å². The first kappa shape index (κ1) is 32.8. The summed E-state index contributed by atoms with van der Waals surface area (Å²) in [5.41, 5.74) is 0. The van der Waals surface area contributed by atoms with E-state index in [9.17, 15) is 8.42 Å². The Hall–Kier alpha value is -0.210. The lowest BCUT2D eigenvalue weighted by molar-refractivity contribution is -0.303. The van der Waals surface area contributed by atoms with Gasteiger partial charge in [-0.2, -0.15) is 8.42 Å². The van der Waals surface area contributed by atoms with Crippen LogP contribution >= 0.6 is 0 Å². The van der Waals surface area contributed by atoms with Gasteiger partial charge in [-0.25, -0.2) is 0 Å². The molecular formula is C28H56O6S. The highest BCUT2D eigenvalue weighted by atomic mass is 32.2. The topological polar surface area (TPSA) is 82.1 Å². The molecule has 1 heterocycles. The van der Waals surface area contributed by atoms with E-state index in [-0.39, 0.29) is 31.5 Å². The third kappa shape index (κ3) is 18.7. The molecule has 0 radical (unpaired) electrons. The van der Waals surface area contributed by atoms with Crippen LogP contribution in [0.15, 0.2) is 0 Å². The normalized spacial score (nSPS) is 21.9. The maximum Gasteiger partial charge on any atom is 0.264 e. The fraction of sp³-hybridized carbons (Fsp3) is 1.00. The van der Waals surface area contributed by atoms with Crippen molar-refractivity contribution in [1.82, 2.24) is 0 Å². The first-order valence-corrected chi connectivity index (χ1v) is 16.2. The number of unbranched alkanes of at least 4 members (excludes halogenated alkanes) is 11. The molecule has 1 saturated heterocycles. The number of hydrogen-bond donors (Lipinski definition) is 1. The van der Waals surface area contributed by atoms with Crippen molar-refractivity contribution in [3.8, 4) is 0 Å². The summed E-state index contributed by atoms with van der Waals surface area (Å²) < 4.78 is 48.4. The Morgan fingerprint density at radius 3 is 1.97 bits per heavy atom. The second-order valence-electron chi connectivity index (χ2n) is 10.8. The molecule has 210 valence electrons. The van der Waals surface area contributed by atoms with Crippen LogP contribution in [-0.2, 0) is 24.3 Å². The van der Waals surface area contributed by atoms with E-state index in [4.69, 9.17) is 18.8 Å². The first-order chi connectivity index (χ1) is 16.8. The summed E-state index contributed by atoms with van der Waals surface area (Å²) in [6.07, 6.45) is 22.6. The molecule has 0 aromatic carbocycles. The molecule has 0 spiro atoms. The molecule has 1 aliphatic rings. The molecule has 1 rings (SSSR count). The Morgan fingerprint density at radius 1 is 0.886 bits per heavy atom. The standard InChI is InChI=1S/C28H56O6S/c1-4-6-8-10-12-14-16-19-26(18-15-13-11-9-7-5-2)24-27-20-22-33-28(3,34-27)25-32-21-17-23-35(29,30)31/h26-27H,4-25H2,1-3H3,(H,29,30,31). The summed E-state index contributed by atoms with van der Waals surface area (Å²) in [7, 11) is -3.94. The van der Waals surface area contributed by atoms with Crippen LogP contribution in [-0.4, -0.2) is 50.4 Å². The van der Waals surface area contributed by atoms with E-state index in [1.165, 1.54) is 96.3 Å². The highest BCUT2D eigenvalue weighted by Gasteiger charge is 2.35. The van der Waals surface area contributed by atoms with Crippen LogP contribution < -0.4 is 0 Å². The number of hydrogen-bond acceptors (Lipinski definition) is 5. The van der Waals surface area contributed by atoms with Crippen molar-refractivity contribution in [3.63, 3.8) is 0 Å². The minimum absolute atomic E-state index is 0.185. The molecule has 1 aliphatic heterocycles. The lowest BCUT2D eigenvalue weighted by Crippen LogP contribution is -2.46. The van der Waals surface area contributed by atoms with Crippen molar-refractivity contribution in [2.24, 2.45) is 5.92 Å². The van der Waals surface area contributed by atoms with Gasteiger partial charge in [0.25, 0.3) is 10.1 Å². The van der Waals surface area contributed by atoms with Gasteiger partial charge >= 0.3 is 0 Å². The Morgan fingerprint density at radius 2 is 1.43 bits per heavy atom. The molecule has 0 aliphatic carbocycles. The molecule has 35 heavy (non-hydrogen) atoms. The van der Waals surface area contributed by atoms with Crippen molar-refractivity contribution in [2.75, 3.05) is 25.6 Å². The Balaban J connectivity index is 2.43. The van der Waals surface area contributed by atoms with Crippen LogP contribution in [0.2, 0.25) is 0 Å². The molecule has 0 bridgehead atoms. The quantitative estimate of drug-likeness (QED) is 0.110. The third-order valence-electron chi connectivity index (χ3n) is 7.10. The van der Waals surface area contributed by atoms with Gasteiger partial charge in [0.05, 0.1) is 18.5 Å². The second kappa shape index (κ2) is 19.8. The van der Waals surface area contributed by atoms with Gasteiger partial charge < -0.3 is 14.2 Å². The zero-order valence-corrected chi connectivity index (χ0v) is 23.9. The van der Waals surface area contributed by atoms with E-state index in [2.05, 4.69) is 13.8 Å². The van der Waals surface area contributed by atoms with Gasteiger partial charge in [0.15, 0.2) is 5.79 Å². The monoisotopic (exact) mass is 520 g/mol. The van der Waals surface area contributed by atoms with Crippen molar-refractivity contribution in [3.05, 3.63) is 0 Å². The van der Waals surface area contributed by atoms with Crippen molar-refractivity contribution in [2.45, 2.75) is 148 Å². The molecule has 0 aromatic rings. The Kier molecular flexibility index (Phi) is 18.6. The first-order valence-electron chi connectivity index (χ1n) is 14.6. The van der Waals surface area contributed by atoms with E-state index in [0.717, 1.165) is 12.8 Å². The summed E-state index contributed by atoms with van der Waals surface area (Å²) in [6.45, 7) is 7.65. The summed E-state index contributed by atoms with van der Waals surface area (Å²) in [5.74, 6) is -0.363. The van der Waals surface area contributed by atoms with Crippen LogP contribution in [0.5, 0.6) is 0 Å². The second-order valence-corrected chi connectivity index (χ2v) is 12.3. The summed E-state index contributed by atoms with van der Waals surface area (Å²) in [5, 5.41) is 0. The zero-order valence-electron chi connectivity index (χ0n) is 23.1. The van der Waals surface area contributed by atoms with Gasteiger partial charge in [-0.1, -0.05) is 110 Å². The van der Waals surface area contributed by atoms with Gasteiger partial charge in [-0.3, -0.25) is 4.55 Å². The van der Waals surface area contributed by atoms with Gasteiger partial charge in [0.2, 0.25) is 0 Å². The molecule has 1 N–H and O–H groups in total. The minimum Gasteiger partial charge on any atom is -0.376 e. The largest absolute Gasteiger partial charge is 0.376 e. The van der Waals surface area contributed by atoms with Crippen LogP contribution in [0.1, 0.15) is 136 Å². The lowest BCUT2D eigenvalue weighted by Gasteiger charge is -2.39. The van der Waals surface area contributed by atoms with Gasteiger partial charge in [-0.05, 0) is 32.1 Å². The highest BCUT2D eigenvalue weighted by Crippen LogP contribution is 2.31. The fourth-order valence-electron chi connectivity index (χ4n) is 5.05. The molecule has 3 unspecified atom stereocenters. The maximum atomic E-state index is 10.8. The SMILES string of the molecule is CCCCCCCCCC(CCCCCCCC)CC1CCOC(C)(COCCCS(=O)(=O)O)O1. The summed E-state index contributed by atoms with van der Waals surface area (Å²) in [6, 6.07) is 0. The molecule has 6 nitrogen and oxygen atoms in total. The van der Waals surface area contributed by atoms with E-state index < -0.39 is 15.9 Å². The average Bonchev–Trinajstić information content (AvgIpc) is 2.79. The third-order valence-corrected chi connectivity index (χ3v) is 7.90. The number of ether oxygens (including phenoxy) is 3. The predicted molar refractivity (Wildman–Crippen MR) is 144 cm³/mol. The van der Waals surface area contributed by atoms with E-state index >= 15 is 0 Å². The molecule has 3 atom stereocenters. The summed E-state index contributed by atoms with van der Waals surface area (Å²) >= 11 is 0. The van der Waals surface area contributed by atoms with Crippen LogP contribution in [0, 0.1) is 5.92 Å². The maximum absolute atomic E-state index is 10.8. The van der Waals surface area contributed by atoms with E-state index in [1.54, 1.807) is 0 Å². The van der Waals surface area contributed by atoms with Crippen molar-refractivity contribution in [1.29, 1.82) is 0 Å². The molecule has 7 heteroatoms. The smallest absolute Gasteiger partial charge is 0.264 e. The minimum atomic E-state index is -3.94. The van der Waals surface area contributed by atoms with Crippen LogP contribution in [0.25, 0.3) is 0 Å². The fourth-order valence-corrected chi connectivity index (χ4v) is 5.53. The summed E-state index contributed by atoms with van der Waals surface area (Å²) in [4.78, 5) is 0. The Bertz CT molecular complexity index is 596. The van der Waals surface area contributed by atoms with Gasteiger partial charge in [-0.15, -0.1) is 0 Å². The number of rotatable bonds is 23. The van der Waals surface area contributed by atoms with E-state index in [0.29, 0.717) is 12.5 Å². The predicted octanol–water partition coefficient (Wildman–Crippen LogP) is 7.70. The van der Waals surface area contributed by atoms with Gasteiger partial charge in [0.1, 0.15) is 6.61 Å². The average molecular weight is 521 g/mol. The van der Waals surface area contributed by atoms with Crippen LogP contribution in [0.4, 0.5) is 0 Å². The molecule has 0 saturated carbocycles. The molecule has 0 aromatic heterocycles. The van der Waals surface area contributed by atoms with Crippen LogP contribution in [0.3, 0.4) is 0 Å². The molecular weight excluding hydrogens is 464 g/mol. The van der Waals surface area contributed by atoms with Crippen molar-refractivity contribution >= 4 is 10.1 Å². The Labute approximate surface area is 217 Å². The highest BCUT2D eigenvalue weighted by molar-refractivity contribution is 7.85. The molecule has 1 fully saturated rings. The van der Waals surface area contributed by atoms with Crippen molar-refractivity contribution < 1.29 is 27.2 Å². The zero-order chi connectivity index (χ0) is 25.8. The lowest BCUT2D eigenvalue weighted by atomic mass is 9.88. The van der Waals surface area contributed by atoms with Gasteiger partial charge in [0, 0.05) is 6.61 Å². The molecule has 0 amide bonds.